The van der Waals surface area contributed by atoms with E-state index in [0.717, 1.165) is 28.8 Å². The molecule has 4 nitrogen and oxygen atoms in total. The molecule has 27 heavy (non-hydrogen) atoms. The molecular weight excluding hydrogens is 356 g/mol. The first kappa shape index (κ1) is 18.2. The standard InChI is InChI=1S/C22H26N2O2S/c25-21(23-17-9-3-1-2-4-10-17)14-19(20-12-7-13-27-20)24-15-16-8-5-6-11-18(16)22(24)26/h5-8,11-13,17,19H,1-4,9-10,14-15H2,(H,23,25)/t19-/m1/s1. The summed E-state index contributed by atoms with van der Waals surface area (Å²) in [7, 11) is 0. The Morgan fingerprint density at radius 1 is 1.11 bits per heavy atom. The van der Waals surface area contributed by atoms with Crippen molar-refractivity contribution in [2.45, 2.75) is 63.6 Å². The molecule has 1 aliphatic carbocycles. The second-order valence-electron chi connectivity index (χ2n) is 7.58. The summed E-state index contributed by atoms with van der Waals surface area (Å²) in [5.74, 6) is 0.0929. The van der Waals surface area contributed by atoms with Crippen LogP contribution in [0.3, 0.4) is 0 Å². The average Bonchev–Trinajstić information content (AvgIpc) is 3.23. The highest BCUT2D eigenvalue weighted by Gasteiger charge is 2.35. The fraction of sp³-hybridized carbons (Fsp3) is 0.455. The van der Waals surface area contributed by atoms with Gasteiger partial charge in [-0.2, -0.15) is 0 Å². The minimum Gasteiger partial charge on any atom is -0.353 e. The second kappa shape index (κ2) is 8.26. The lowest BCUT2D eigenvalue weighted by Gasteiger charge is -2.27. The Kier molecular flexibility index (Phi) is 5.58. The predicted octanol–water partition coefficient (Wildman–Crippen LogP) is 4.67. The topological polar surface area (TPSA) is 49.4 Å². The van der Waals surface area contributed by atoms with Gasteiger partial charge >= 0.3 is 0 Å². The van der Waals surface area contributed by atoms with Crippen molar-refractivity contribution in [3.8, 4) is 0 Å². The Labute approximate surface area is 164 Å². The van der Waals surface area contributed by atoms with E-state index in [2.05, 4.69) is 5.32 Å². The number of benzene rings is 1. The van der Waals surface area contributed by atoms with E-state index >= 15 is 0 Å². The molecule has 0 saturated heterocycles. The Morgan fingerprint density at radius 2 is 1.89 bits per heavy atom. The van der Waals surface area contributed by atoms with Crippen molar-refractivity contribution in [2.75, 3.05) is 0 Å². The summed E-state index contributed by atoms with van der Waals surface area (Å²) >= 11 is 1.62. The van der Waals surface area contributed by atoms with Gasteiger partial charge in [-0.3, -0.25) is 9.59 Å². The molecule has 1 aromatic carbocycles. The van der Waals surface area contributed by atoms with Crippen molar-refractivity contribution in [3.63, 3.8) is 0 Å². The lowest BCUT2D eigenvalue weighted by atomic mass is 10.1. The highest BCUT2D eigenvalue weighted by Crippen LogP contribution is 2.35. The number of nitrogens with one attached hydrogen (secondary N) is 1. The van der Waals surface area contributed by atoms with Gasteiger partial charge in [0, 0.05) is 23.0 Å². The molecule has 0 unspecified atom stereocenters. The number of thiophene rings is 1. The van der Waals surface area contributed by atoms with Gasteiger partial charge in [-0.1, -0.05) is 49.9 Å². The van der Waals surface area contributed by atoms with E-state index in [4.69, 9.17) is 0 Å². The molecule has 1 atom stereocenters. The van der Waals surface area contributed by atoms with E-state index in [1.54, 1.807) is 11.3 Å². The first-order valence-electron chi connectivity index (χ1n) is 9.94. The molecule has 1 aromatic heterocycles. The van der Waals surface area contributed by atoms with E-state index in [0.29, 0.717) is 13.0 Å². The number of rotatable bonds is 5. The SMILES string of the molecule is O=C(C[C@H](c1cccs1)N1Cc2ccccc2C1=O)NC1CCCCCC1. The van der Waals surface area contributed by atoms with Crippen molar-refractivity contribution < 1.29 is 9.59 Å². The van der Waals surface area contributed by atoms with Crippen LogP contribution in [0, 0.1) is 0 Å². The molecule has 4 rings (SSSR count). The zero-order chi connectivity index (χ0) is 18.6. The van der Waals surface area contributed by atoms with Crippen molar-refractivity contribution >= 4 is 23.2 Å². The minimum atomic E-state index is -0.198. The maximum Gasteiger partial charge on any atom is 0.255 e. The highest BCUT2D eigenvalue weighted by atomic mass is 32.1. The first-order valence-corrected chi connectivity index (χ1v) is 10.8. The molecule has 1 fully saturated rings. The molecule has 2 aromatic rings. The fourth-order valence-corrected chi connectivity index (χ4v) is 5.10. The summed E-state index contributed by atoms with van der Waals surface area (Å²) in [5, 5.41) is 5.25. The van der Waals surface area contributed by atoms with Crippen LogP contribution in [0.1, 0.15) is 71.8 Å². The van der Waals surface area contributed by atoms with Crippen molar-refractivity contribution in [3.05, 3.63) is 57.8 Å². The van der Waals surface area contributed by atoms with Crippen LogP contribution in [0.5, 0.6) is 0 Å². The minimum absolute atomic E-state index is 0.0336. The number of nitrogens with zero attached hydrogens (tertiary/aromatic N) is 1. The van der Waals surface area contributed by atoms with Crippen molar-refractivity contribution in [1.82, 2.24) is 10.2 Å². The summed E-state index contributed by atoms with van der Waals surface area (Å²) in [4.78, 5) is 28.7. The normalized spacial score (nSPS) is 18.8. The van der Waals surface area contributed by atoms with Crippen LogP contribution in [-0.4, -0.2) is 22.8 Å². The molecule has 2 heterocycles. The lowest BCUT2D eigenvalue weighted by molar-refractivity contribution is -0.123. The number of hydrogen-bond donors (Lipinski definition) is 1. The summed E-state index contributed by atoms with van der Waals surface area (Å²) in [5.41, 5.74) is 1.82. The van der Waals surface area contributed by atoms with Crippen LogP contribution in [0.4, 0.5) is 0 Å². The maximum atomic E-state index is 12.9. The van der Waals surface area contributed by atoms with Crippen molar-refractivity contribution in [1.29, 1.82) is 0 Å². The molecule has 1 saturated carbocycles. The van der Waals surface area contributed by atoms with E-state index in [1.807, 2.05) is 46.7 Å². The Balaban J connectivity index is 1.49. The molecule has 2 amide bonds. The van der Waals surface area contributed by atoms with Crippen molar-refractivity contribution in [2.24, 2.45) is 0 Å². The molecule has 1 aliphatic heterocycles. The van der Waals surface area contributed by atoms with E-state index in [1.165, 1.54) is 25.7 Å². The smallest absolute Gasteiger partial charge is 0.255 e. The van der Waals surface area contributed by atoms with Gasteiger partial charge in [0.1, 0.15) is 0 Å². The van der Waals surface area contributed by atoms with Gasteiger partial charge in [-0.25, -0.2) is 0 Å². The third-order valence-corrected chi connectivity index (χ3v) is 6.67. The summed E-state index contributed by atoms with van der Waals surface area (Å²) in [6, 6.07) is 11.9. The largest absolute Gasteiger partial charge is 0.353 e. The predicted molar refractivity (Wildman–Crippen MR) is 108 cm³/mol. The molecule has 0 bridgehead atoms. The third kappa shape index (κ3) is 4.08. The number of carbonyl (C=O) groups is 2. The number of amides is 2. The summed E-state index contributed by atoms with van der Waals surface area (Å²) in [6.07, 6.45) is 7.40. The van der Waals surface area contributed by atoms with E-state index in [-0.39, 0.29) is 23.9 Å². The Hall–Kier alpha value is -2.14. The van der Waals surface area contributed by atoms with Crippen LogP contribution in [0.25, 0.3) is 0 Å². The van der Waals surface area contributed by atoms with E-state index in [9.17, 15) is 9.59 Å². The van der Waals surface area contributed by atoms with Crippen LogP contribution in [0.15, 0.2) is 41.8 Å². The molecule has 5 heteroatoms. The zero-order valence-corrected chi connectivity index (χ0v) is 16.3. The Bertz CT molecular complexity index is 794. The molecule has 0 spiro atoms. The fourth-order valence-electron chi connectivity index (χ4n) is 4.26. The van der Waals surface area contributed by atoms with Gasteiger partial charge in [0.25, 0.3) is 5.91 Å². The first-order chi connectivity index (χ1) is 13.2. The molecule has 2 aliphatic rings. The van der Waals surface area contributed by atoms with Crippen LogP contribution in [0.2, 0.25) is 0 Å². The van der Waals surface area contributed by atoms with Crippen LogP contribution in [-0.2, 0) is 11.3 Å². The number of carbonyl (C=O) groups excluding carboxylic acids is 2. The Morgan fingerprint density at radius 3 is 2.59 bits per heavy atom. The monoisotopic (exact) mass is 382 g/mol. The maximum absolute atomic E-state index is 12.9. The average molecular weight is 383 g/mol. The molecule has 1 N–H and O–H groups in total. The van der Waals surface area contributed by atoms with Crippen LogP contribution >= 0.6 is 11.3 Å². The quantitative estimate of drug-likeness (QED) is 0.764. The van der Waals surface area contributed by atoms with Gasteiger partial charge in [-0.05, 0) is 35.9 Å². The molecular formula is C22H26N2O2S. The van der Waals surface area contributed by atoms with Gasteiger partial charge in [0.15, 0.2) is 0 Å². The van der Waals surface area contributed by atoms with E-state index < -0.39 is 0 Å². The second-order valence-corrected chi connectivity index (χ2v) is 8.56. The summed E-state index contributed by atoms with van der Waals surface area (Å²) in [6.45, 7) is 0.578. The number of hydrogen-bond acceptors (Lipinski definition) is 3. The zero-order valence-electron chi connectivity index (χ0n) is 15.5. The van der Waals surface area contributed by atoms with Gasteiger partial charge in [0.2, 0.25) is 5.91 Å². The third-order valence-electron chi connectivity index (χ3n) is 5.70. The number of fused-ring (bicyclic) bond motifs is 1. The highest BCUT2D eigenvalue weighted by molar-refractivity contribution is 7.10. The van der Waals surface area contributed by atoms with Gasteiger partial charge < -0.3 is 10.2 Å². The molecule has 142 valence electrons. The van der Waals surface area contributed by atoms with Gasteiger partial charge in [0.05, 0.1) is 12.5 Å². The molecule has 0 radical (unpaired) electrons. The summed E-state index contributed by atoms with van der Waals surface area (Å²) < 4.78 is 0. The lowest BCUT2D eigenvalue weighted by Crippen LogP contribution is -2.38. The van der Waals surface area contributed by atoms with Gasteiger partial charge in [-0.15, -0.1) is 11.3 Å². The van der Waals surface area contributed by atoms with Crippen LogP contribution < -0.4 is 5.32 Å².